The smallest absolute Gasteiger partial charge is 0.226 e. The van der Waals surface area contributed by atoms with E-state index < -0.39 is 0 Å². The van der Waals surface area contributed by atoms with Gasteiger partial charge < -0.3 is 5.32 Å². The second kappa shape index (κ2) is 7.75. The minimum absolute atomic E-state index is 0.00638. The van der Waals surface area contributed by atoms with Crippen molar-refractivity contribution in [1.29, 1.82) is 0 Å². The summed E-state index contributed by atoms with van der Waals surface area (Å²) in [6.07, 6.45) is 1.34. The number of carbonyl (C=O) groups excluding carboxylic acids is 1. The Hall–Kier alpha value is -0.920. The molecule has 2 rings (SSSR count). The number of anilines is 1. The van der Waals surface area contributed by atoms with Crippen molar-refractivity contribution < 1.29 is 4.79 Å². The highest BCUT2D eigenvalue weighted by Crippen LogP contribution is 2.28. The maximum Gasteiger partial charge on any atom is 0.226 e. The van der Waals surface area contributed by atoms with Crippen molar-refractivity contribution in [3.05, 3.63) is 34.3 Å². The fraction of sp³-hybridized carbons (Fsp3) is 0.308. The van der Waals surface area contributed by atoms with Gasteiger partial charge in [0.2, 0.25) is 11.0 Å². The Kier molecular flexibility index (Phi) is 6.00. The number of hydrogen-bond acceptors (Lipinski definition) is 5. The minimum Gasteiger partial charge on any atom is -0.301 e. The van der Waals surface area contributed by atoms with E-state index >= 15 is 0 Å². The monoisotopic (exact) mass is 371 g/mol. The summed E-state index contributed by atoms with van der Waals surface area (Å²) in [5, 5.41) is 11.4. The Morgan fingerprint density at radius 3 is 2.80 bits per heavy atom. The molecular weight excluding hydrogens is 358 g/mol. The Labute approximate surface area is 134 Å². The predicted molar refractivity (Wildman–Crippen MR) is 87.1 cm³/mol. The van der Waals surface area contributed by atoms with E-state index in [1.165, 1.54) is 16.9 Å². The number of nitrogens with one attached hydrogen (secondary N) is 1. The van der Waals surface area contributed by atoms with E-state index in [1.54, 1.807) is 11.8 Å². The highest BCUT2D eigenvalue weighted by molar-refractivity contribution is 9.10. The number of hydrogen-bond donors (Lipinski definition) is 1. The molecule has 0 atom stereocenters. The zero-order chi connectivity index (χ0) is 14.4. The molecule has 0 bridgehead atoms. The number of nitrogens with zero attached hydrogens (tertiary/aromatic N) is 2. The predicted octanol–water partition coefficient (Wildman–Crippen LogP) is 4.33. The van der Waals surface area contributed by atoms with Crippen LogP contribution < -0.4 is 5.32 Å². The lowest BCUT2D eigenvalue weighted by Gasteiger charge is -1.98. The molecule has 1 amide bonds. The van der Waals surface area contributed by atoms with Crippen molar-refractivity contribution in [3.63, 3.8) is 0 Å². The third-order valence-electron chi connectivity index (χ3n) is 2.41. The molecule has 0 aliphatic rings. The van der Waals surface area contributed by atoms with E-state index in [0.29, 0.717) is 11.6 Å². The Balaban J connectivity index is 1.86. The van der Waals surface area contributed by atoms with E-state index in [-0.39, 0.29) is 5.91 Å². The molecule has 0 radical (unpaired) electrons. The van der Waals surface area contributed by atoms with Gasteiger partial charge in [0, 0.05) is 16.6 Å². The van der Waals surface area contributed by atoms with Crippen molar-refractivity contribution in [2.24, 2.45) is 0 Å². The Morgan fingerprint density at radius 1 is 1.35 bits per heavy atom. The SMILES string of the molecule is CCCC(=O)Nc1nnc(SCc2ccc(Br)cc2)s1. The summed E-state index contributed by atoms with van der Waals surface area (Å²) >= 11 is 6.44. The van der Waals surface area contributed by atoms with Gasteiger partial charge in [0.25, 0.3) is 0 Å². The standard InChI is InChI=1S/C13H14BrN3OS2/c1-2-3-11(18)15-12-16-17-13(20-12)19-8-9-4-6-10(14)7-5-9/h4-7H,2-3,8H2,1H3,(H,15,16,18). The van der Waals surface area contributed by atoms with Gasteiger partial charge in [-0.1, -0.05) is 58.1 Å². The maximum absolute atomic E-state index is 11.4. The first-order chi connectivity index (χ1) is 9.67. The lowest BCUT2D eigenvalue weighted by atomic mass is 10.2. The van der Waals surface area contributed by atoms with E-state index in [0.717, 1.165) is 21.0 Å². The van der Waals surface area contributed by atoms with Gasteiger partial charge in [-0.25, -0.2) is 0 Å². The van der Waals surface area contributed by atoms with E-state index in [1.807, 2.05) is 19.1 Å². The normalized spacial score (nSPS) is 10.5. The van der Waals surface area contributed by atoms with Gasteiger partial charge in [-0.15, -0.1) is 10.2 Å². The molecule has 1 aromatic heterocycles. The maximum atomic E-state index is 11.4. The molecule has 106 valence electrons. The van der Waals surface area contributed by atoms with Gasteiger partial charge in [-0.2, -0.15) is 0 Å². The molecule has 4 nitrogen and oxygen atoms in total. The molecule has 0 fully saturated rings. The second-order valence-electron chi connectivity index (χ2n) is 4.09. The van der Waals surface area contributed by atoms with Gasteiger partial charge in [0.15, 0.2) is 4.34 Å². The van der Waals surface area contributed by atoms with Crippen LogP contribution in [0.2, 0.25) is 0 Å². The molecule has 1 heterocycles. The number of rotatable bonds is 6. The number of carbonyl (C=O) groups is 1. The third-order valence-corrected chi connectivity index (χ3v) is 4.98. The van der Waals surface area contributed by atoms with Crippen LogP contribution in [0.1, 0.15) is 25.3 Å². The van der Waals surface area contributed by atoms with Gasteiger partial charge >= 0.3 is 0 Å². The zero-order valence-electron chi connectivity index (χ0n) is 10.9. The molecule has 1 aromatic carbocycles. The van der Waals surface area contributed by atoms with Gasteiger partial charge in [0.05, 0.1) is 0 Å². The van der Waals surface area contributed by atoms with Crippen LogP contribution in [0.3, 0.4) is 0 Å². The molecule has 20 heavy (non-hydrogen) atoms. The highest BCUT2D eigenvalue weighted by Gasteiger charge is 2.08. The quantitative estimate of drug-likeness (QED) is 0.606. The summed E-state index contributed by atoms with van der Waals surface area (Å²) in [7, 11) is 0. The first-order valence-electron chi connectivity index (χ1n) is 6.18. The first kappa shape index (κ1) is 15.5. The molecule has 0 unspecified atom stereocenters. The fourth-order valence-corrected chi connectivity index (χ4v) is 3.44. The Bertz CT molecular complexity index is 571. The molecule has 0 spiro atoms. The van der Waals surface area contributed by atoms with E-state index in [4.69, 9.17) is 0 Å². The van der Waals surface area contributed by atoms with Crippen molar-refractivity contribution in [2.75, 3.05) is 5.32 Å². The Morgan fingerprint density at radius 2 is 2.10 bits per heavy atom. The summed E-state index contributed by atoms with van der Waals surface area (Å²) in [5.41, 5.74) is 1.23. The summed E-state index contributed by atoms with van der Waals surface area (Å²) in [5.74, 6) is 0.832. The van der Waals surface area contributed by atoms with Gasteiger partial charge in [0.1, 0.15) is 0 Å². The lowest BCUT2D eigenvalue weighted by Crippen LogP contribution is -2.10. The summed E-state index contributed by atoms with van der Waals surface area (Å²) < 4.78 is 1.93. The number of benzene rings is 1. The second-order valence-corrected chi connectivity index (χ2v) is 7.20. The van der Waals surface area contributed by atoms with Crippen LogP contribution in [0.5, 0.6) is 0 Å². The molecule has 1 N–H and O–H groups in total. The topological polar surface area (TPSA) is 54.9 Å². The molecule has 0 aliphatic heterocycles. The van der Waals surface area contributed by atoms with Crippen molar-refractivity contribution in [3.8, 4) is 0 Å². The summed E-state index contributed by atoms with van der Waals surface area (Å²) in [6, 6.07) is 8.18. The zero-order valence-corrected chi connectivity index (χ0v) is 14.1. The summed E-state index contributed by atoms with van der Waals surface area (Å²) in [4.78, 5) is 11.4. The van der Waals surface area contributed by atoms with Crippen LogP contribution in [-0.4, -0.2) is 16.1 Å². The number of halogens is 1. The van der Waals surface area contributed by atoms with Crippen LogP contribution in [0.4, 0.5) is 5.13 Å². The summed E-state index contributed by atoms with van der Waals surface area (Å²) in [6.45, 7) is 1.97. The van der Waals surface area contributed by atoms with Crippen LogP contribution in [-0.2, 0) is 10.5 Å². The minimum atomic E-state index is -0.00638. The number of aromatic nitrogens is 2. The first-order valence-corrected chi connectivity index (χ1v) is 8.77. The molecule has 0 saturated heterocycles. The molecule has 7 heteroatoms. The number of amides is 1. The highest BCUT2D eigenvalue weighted by atomic mass is 79.9. The number of thioether (sulfide) groups is 1. The molecular formula is C13H14BrN3OS2. The van der Waals surface area contributed by atoms with E-state index in [2.05, 4.69) is 43.6 Å². The van der Waals surface area contributed by atoms with Gasteiger partial charge in [-0.05, 0) is 24.1 Å². The third kappa shape index (κ3) is 4.88. The van der Waals surface area contributed by atoms with Gasteiger partial charge in [-0.3, -0.25) is 4.79 Å². The van der Waals surface area contributed by atoms with Crippen LogP contribution in [0, 0.1) is 0 Å². The average Bonchev–Trinajstić information content (AvgIpc) is 2.86. The van der Waals surface area contributed by atoms with E-state index in [9.17, 15) is 4.79 Å². The van der Waals surface area contributed by atoms with Crippen molar-refractivity contribution in [1.82, 2.24) is 10.2 Å². The lowest BCUT2D eigenvalue weighted by molar-refractivity contribution is -0.116. The average molecular weight is 372 g/mol. The van der Waals surface area contributed by atoms with Crippen LogP contribution in [0.15, 0.2) is 33.1 Å². The van der Waals surface area contributed by atoms with Crippen molar-refractivity contribution >= 4 is 50.1 Å². The van der Waals surface area contributed by atoms with Crippen molar-refractivity contribution in [2.45, 2.75) is 29.9 Å². The molecule has 2 aromatic rings. The van der Waals surface area contributed by atoms with Crippen LogP contribution >= 0.6 is 39.0 Å². The molecule has 0 saturated carbocycles. The fourth-order valence-electron chi connectivity index (χ4n) is 1.45. The largest absolute Gasteiger partial charge is 0.301 e. The van der Waals surface area contributed by atoms with Crippen LogP contribution in [0.25, 0.3) is 0 Å². The molecule has 0 aliphatic carbocycles.